The predicted octanol–water partition coefficient (Wildman–Crippen LogP) is 2.06. The highest BCUT2D eigenvalue weighted by molar-refractivity contribution is 6.30. The molecule has 1 fully saturated rings. The highest BCUT2D eigenvalue weighted by atomic mass is 35.5. The van der Waals surface area contributed by atoms with Crippen molar-refractivity contribution in [1.82, 2.24) is 19.9 Å². The number of carbonyl (C=O) groups excluding carboxylic acids is 1. The Balaban J connectivity index is 1.57. The van der Waals surface area contributed by atoms with Crippen LogP contribution < -0.4 is 0 Å². The molecule has 0 N–H and O–H groups in total. The summed E-state index contributed by atoms with van der Waals surface area (Å²) in [7, 11) is 0. The van der Waals surface area contributed by atoms with E-state index in [1.54, 1.807) is 11.1 Å². The highest BCUT2D eigenvalue weighted by Gasteiger charge is 2.38. The molecule has 0 spiro atoms. The molecular weight excluding hydrogens is 323 g/mol. The average Bonchev–Trinajstić information content (AvgIpc) is 3.05. The van der Waals surface area contributed by atoms with Gasteiger partial charge < -0.3 is 9.64 Å². The Hall–Kier alpha value is -1.99. The molecule has 8 heteroatoms. The number of nitrogens with zero attached hydrogens (tertiary/aromatic N) is 4. The second kappa shape index (κ2) is 5.58. The normalized spacial score (nSPS) is 23.3. The maximum Gasteiger partial charge on any atom is 0.254 e. The standard InChI is InChI=1S/C15H14ClFN4O2/c16-11-2-1-9(5-12(11)17)15(22)20-4-3-14-13(7-20)21-10(8-23-14)6-18-19-21/h1-2,5-6,13-14H,3-4,7-8H2/t13-,14+/m0/s1. The molecule has 0 aliphatic carbocycles. The molecule has 2 aromatic rings. The van der Waals surface area contributed by atoms with Gasteiger partial charge in [0, 0.05) is 18.7 Å². The van der Waals surface area contributed by atoms with Gasteiger partial charge in [0.25, 0.3) is 5.91 Å². The minimum atomic E-state index is -0.591. The first-order valence-corrected chi connectivity index (χ1v) is 7.76. The van der Waals surface area contributed by atoms with Crippen molar-refractivity contribution in [1.29, 1.82) is 0 Å². The smallest absolute Gasteiger partial charge is 0.254 e. The van der Waals surface area contributed by atoms with Crippen LogP contribution in [0, 0.1) is 5.82 Å². The van der Waals surface area contributed by atoms with E-state index in [-0.39, 0.29) is 23.1 Å². The van der Waals surface area contributed by atoms with Crippen molar-refractivity contribution in [3.63, 3.8) is 0 Å². The number of likely N-dealkylation sites (tertiary alicyclic amines) is 1. The Morgan fingerprint density at radius 2 is 2.30 bits per heavy atom. The molecule has 2 atom stereocenters. The Morgan fingerprint density at radius 3 is 3.13 bits per heavy atom. The number of amides is 1. The number of halogens is 2. The second-order valence-electron chi connectivity index (χ2n) is 5.76. The number of piperidine rings is 1. The number of carbonyl (C=O) groups is 1. The van der Waals surface area contributed by atoms with Gasteiger partial charge in [-0.15, -0.1) is 5.10 Å². The van der Waals surface area contributed by atoms with Crippen LogP contribution in [0.5, 0.6) is 0 Å². The molecule has 0 radical (unpaired) electrons. The van der Waals surface area contributed by atoms with Crippen LogP contribution in [0.3, 0.4) is 0 Å². The number of aromatic nitrogens is 3. The fraction of sp³-hybridized carbons (Fsp3) is 0.400. The maximum absolute atomic E-state index is 13.6. The quantitative estimate of drug-likeness (QED) is 0.799. The van der Waals surface area contributed by atoms with Crippen LogP contribution in [-0.2, 0) is 11.3 Å². The third-order valence-corrected chi connectivity index (χ3v) is 4.69. The number of rotatable bonds is 1. The van der Waals surface area contributed by atoms with Gasteiger partial charge in [0.15, 0.2) is 0 Å². The molecule has 23 heavy (non-hydrogen) atoms. The van der Waals surface area contributed by atoms with Gasteiger partial charge in [-0.2, -0.15) is 0 Å². The monoisotopic (exact) mass is 336 g/mol. The van der Waals surface area contributed by atoms with Gasteiger partial charge in [-0.05, 0) is 24.6 Å². The molecule has 1 aromatic heterocycles. The molecule has 0 bridgehead atoms. The Kier molecular flexibility index (Phi) is 3.54. The Morgan fingerprint density at radius 1 is 1.43 bits per heavy atom. The summed E-state index contributed by atoms with van der Waals surface area (Å²) in [6, 6.07) is 4.06. The van der Waals surface area contributed by atoms with E-state index in [2.05, 4.69) is 10.3 Å². The predicted molar refractivity (Wildman–Crippen MR) is 79.6 cm³/mol. The number of ether oxygens (including phenoxy) is 1. The van der Waals surface area contributed by atoms with E-state index >= 15 is 0 Å². The molecule has 120 valence electrons. The van der Waals surface area contributed by atoms with E-state index in [0.29, 0.717) is 31.7 Å². The third kappa shape index (κ3) is 2.49. The first-order chi connectivity index (χ1) is 11.1. The van der Waals surface area contributed by atoms with Gasteiger partial charge in [0.05, 0.1) is 35.7 Å². The Bertz CT molecular complexity index is 766. The third-order valence-electron chi connectivity index (χ3n) is 4.38. The molecule has 3 heterocycles. The zero-order chi connectivity index (χ0) is 16.0. The van der Waals surface area contributed by atoms with Crippen molar-refractivity contribution in [3.05, 3.63) is 46.5 Å². The van der Waals surface area contributed by atoms with Gasteiger partial charge in [0.2, 0.25) is 0 Å². The molecular formula is C15H14ClFN4O2. The Labute approximate surface area is 136 Å². The molecule has 1 saturated heterocycles. The summed E-state index contributed by atoms with van der Waals surface area (Å²) in [6.45, 7) is 1.52. The molecule has 2 aliphatic heterocycles. The lowest BCUT2D eigenvalue weighted by Crippen LogP contribution is -2.49. The SMILES string of the molecule is O=C(c1ccc(Cl)c(F)c1)N1CC[C@H]2OCc3cnnn3[C@H]2C1. The molecule has 1 amide bonds. The van der Waals surface area contributed by atoms with E-state index < -0.39 is 5.82 Å². The zero-order valence-electron chi connectivity index (χ0n) is 12.2. The molecule has 6 nitrogen and oxygen atoms in total. The molecule has 2 aliphatic rings. The van der Waals surface area contributed by atoms with Crippen LogP contribution in [0.25, 0.3) is 0 Å². The fourth-order valence-corrected chi connectivity index (χ4v) is 3.29. The first-order valence-electron chi connectivity index (χ1n) is 7.38. The summed E-state index contributed by atoms with van der Waals surface area (Å²) in [5.74, 6) is -0.807. The molecule has 1 aromatic carbocycles. The summed E-state index contributed by atoms with van der Waals surface area (Å²) in [4.78, 5) is 14.3. The van der Waals surface area contributed by atoms with E-state index in [9.17, 15) is 9.18 Å². The number of fused-ring (bicyclic) bond motifs is 3. The van der Waals surface area contributed by atoms with Crippen LogP contribution in [0.1, 0.15) is 28.5 Å². The summed E-state index contributed by atoms with van der Waals surface area (Å²) in [5.41, 5.74) is 1.19. The fourth-order valence-electron chi connectivity index (χ4n) is 3.18. The lowest BCUT2D eigenvalue weighted by Gasteiger charge is -2.41. The maximum atomic E-state index is 13.6. The van der Waals surface area contributed by atoms with Crippen molar-refractivity contribution >= 4 is 17.5 Å². The van der Waals surface area contributed by atoms with E-state index in [1.165, 1.54) is 18.2 Å². The number of hydrogen-bond donors (Lipinski definition) is 0. The minimum Gasteiger partial charge on any atom is -0.370 e. The van der Waals surface area contributed by atoms with Crippen molar-refractivity contribution < 1.29 is 13.9 Å². The molecule has 0 unspecified atom stereocenters. The van der Waals surface area contributed by atoms with Crippen molar-refractivity contribution in [2.24, 2.45) is 0 Å². The largest absolute Gasteiger partial charge is 0.370 e. The highest BCUT2D eigenvalue weighted by Crippen LogP contribution is 2.30. The van der Waals surface area contributed by atoms with E-state index in [4.69, 9.17) is 16.3 Å². The first kappa shape index (κ1) is 14.6. The van der Waals surface area contributed by atoms with Gasteiger partial charge >= 0.3 is 0 Å². The van der Waals surface area contributed by atoms with Crippen LogP contribution in [0.2, 0.25) is 5.02 Å². The van der Waals surface area contributed by atoms with Gasteiger partial charge in [-0.25, -0.2) is 9.07 Å². The summed E-state index contributed by atoms with van der Waals surface area (Å²) < 4.78 is 21.2. The average molecular weight is 337 g/mol. The van der Waals surface area contributed by atoms with Gasteiger partial charge in [-0.1, -0.05) is 16.8 Å². The van der Waals surface area contributed by atoms with Crippen LogP contribution in [-0.4, -0.2) is 45.0 Å². The van der Waals surface area contributed by atoms with Crippen LogP contribution in [0.4, 0.5) is 4.39 Å². The van der Waals surface area contributed by atoms with Gasteiger partial charge in [0.1, 0.15) is 5.82 Å². The van der Waals surface area contributed by atoms with Crippen molar-refractivity contribution in [3.8, 4) is 0 Å². The minimum absolute atomic E-state index is 0.00759. The van der Waals surface area contributed by atoms with E-state index in [1.807, 2.05) is 4.68 Å². The summed E-state index contributed by atoms with van der Waals surface area (Å²) in [5, 5.41) is 8.02. The summed E-state index contributed by atoms with van der Waals surface area (Å²) >= 11 is 5.67. The molecule has 0 saturated carbocycles. The van der Waals surface area contributed by atoms with Gasteiger partial charge in [-0.3, -0.25) is 4.79 Å². The second-order valence-corrected chi connectivity index (χ2v) is 6.16. The number of benzene rings is 1. The number of hydrogen-bond acceptors (Lipinski definition) is 4. The zero-order valence-corrected chi connectivity index (χ0v) is 12.9. The van der Waals surface area contributed by atoms with Crippen LogP contribution in [0.15, 0.2) is 24.4 Å². The van der Waals surface area contributed by atoms with Crippen molar-refractivity contribution in [2.75, 3.05) is 13.1 Å². The van der Waals surface area contributed by atoms with Crippen molar-refractivity contribution in [2.45, 2.75) is 25.2 Å². The molecule has 4 rings (SSSR count). The topological polar surface area (TPSA) is 60.3 Å². The lowest BCUT2D eigenvalue weighted by molar-refractivity contribution is -0.0605. The lowest BCUT2D eigenvalue weighted by atomic mass is 9.99. The van der Waals surface area contributed by atoms with Crippen LogP contribution >= 0.6 is 11.6 Å². The van der Waals surface area contributed by atoms with E-state index in [0.717, 1.165) is 5.69 Å². The summed E-state index contributed by atoms with van der Waals surface area (Å²) in [6.07, 6.45) is 2.41.